The van der Waals surface area contributed by atoms with Crippen molar-refractivity contribution in [2.75, 3.05) is 15.8 Å². The lowest BCUT2D eigenvalue weighted by atomic mass is 10.3. The second-order valence-corrected chi connectivity index (χ2v) is 8.83. The van der Waals surface area contributed by atoms with E-state index in [1.807, 2.05) is 12.1 Å². The first kappa shape index (κ1) is 21.7. The van der Waals surface area contributed by atoms with Crippen LogP contribution >= 0.6 is 11.8 Å². The van der Waals surface area contributed by atoms with Crippen molar-refractivity contribution in [2.45, 2.75) is 10.6 Å². The van der Waals surface area contributed by atoms with Crippen LogP contribution in [0.2, 0.25) is 0 Å². The molecule has 0 radical (unpaired) electrons. The smallest absolute Gasteiger partial charge is 0.261 e. The zero-order valence-electron chi connectivity index (χ0n) is 15.5. The Morgan fingerprint density at radius 2 is 1.73 bits per heavy atom. The van der Waals surface area contributed by atoms with Gasteiger partial charge in [0.1, 0.15) is 0 Å². The Bertz CT molecular complexity index is 1130. The number of halogens is 2. The Balaban J connectivity index is 1.54. The molecule has 0 bridgehead atoms. The maximum absolute atomic E-state index is 13.3. The van der Waals surface area contributed by atoms with Crippen molar-refractivity contribution >= 4 is 39.1 Å². The molecule has 3 aromatic rings. The summed E-state index contributed by atoms with van der Waals surface area (Å²) in [4.78, 5) is 15.7. The second kappa shape index (κ2) is 9.68. The van der Waals surface area contributed by atoms with Crippen LogP contribution in [0, 0.1) is 11.6 Å². The third-order valence-electron chi connectivity index (χ3n) is 3.85. The normalized spacial score (nSPS) is 11.1. The quantitative estimate of drug-likeness (QED) is 0.542. The molecule has 0 unspecified atom stereocenters. The molecular formula is C20H17F2N3O3S2. The maximum atomic E-state index is 13.3. The van der Waals surface area contributed by atoms with Crippen molar-refractivity contribution in [3.05, 3.63) is 84.2 Å². The van der Waals surface area contributed by atoms with E-state index >= 15 is 0 Å². The van der Waals surface area contributed by atoms with E-state index in [0.29, 0.717) is 17.5 Å². The number of anilines is 2. The predicted octanol–water partition coefficient (Wildman–Crippen LogP) is 4.03. The van der Waals surface area contributed by atoms with Gasteiger partial charge < -0.3 is 5.32 Å². The fraction of sp³-hybridized carbons (Fsp3) is 0.100. The summed E-state index contributed by atoms with van der Waals surface area (Å²) in [6, 6.07) is 12.1. The Labute approximate surface area is 176 Å². The number of amides is 1. The van der Waals surface area contributed by atoms with Crippen molar-refractivity contribution in [1.82, 2.24) is 4.98 Å². The van der Waals surface area contributed by atoms with Crippen molar-refractivity contribution in [1.29, 1.82) is 0 Å². The highest BCUT2D eigenvalue weighted by molar-refractivity contribution is 7.99. The van der Waals surface area contributed by atoms with E-state index in [2.05, 4.69) is 15.0 Å². The number of thioether (sulfide) groups is 1. The van der Waals surface area contributed by atoms with Crippen molar-refractivity contribution in [3.8, 4) is 0 Å². The number of carbonyl (C=O) groups is 1. The average molecular weight is 450 g/mol. The molecule has 2 N–H and O–H groups in total. The van der Waals surface area contributed by atoms with Gasteiger partial charge in [-0.05, 0) is 54.1 Å². The van der Waals surface area contributed by atoms with Crippen LogP contribution in [0.3, 0.4) is 0 Å². The van der Waals surface area contributed by atoms with Gasteiger partial charge in [-0.15, -0.1) is 11.8 Å². The molecule has 1 heterocycles. The highest BCUT2D eigenvalue weighted by atomic mass is 32.2. The minimum atomic E-state index is -4.08. The summed E-state index contributed by atoms with van der Waals surface area (Å²) in [5, 5.41) is 2.72. The van der Waals surface area contributed by atoms with Crippen molar-refractivity contribution in [3.63, 3.8) is 0 Å². The van der Waals surface area contributed by atoms with Crippen LogP contribution < -0.4 is 10.0 Å². The number of sulfonamides is 1. The molecule has 0 saturated carbocycles. The van der Waals surface area contributed by atoms with Gasteiger partial charge >= 0.3 is 0 Å². The number of carbonyl (C=O) groups excluding carboxylic acids is 1. The number of hydrogen-bond acceptors (Lipinski definition) is 5. The Kier molecular flexibility index (Phi) is 7.01. The first-order valence-corrected chi connectivity index (χ1v) is 11.3. The van der Waals surface area contributed by atoms with Gasteiger partial charge in [-0.2, -0.15) is 0 Å². The van der Waals surface area contributed by atoms with Crippen LogP contribution in [-0.2, 0) is 20.6 Å². The molecule has 6 nitrogen and oxygen atoms in total. The minimum absolute atomic E-state index is 0.195. The van der Waals surface area contributed by atoms with E-state index in [-0.39, 0.29) is 17.3 Å². The molecule has 0 atom stereocenters. The van der Waals surface area contributed by atoms with E-state index in [1.54, 1.807) is 12.4 Å². The molecule has 0 saturated heterocycles. The number of nitrogens with one attached hydrogen (secondary N) is 2. The highest BCUT2D eigenvalue weighted by Crippen LogP contribution is 2.20. The molecule has 156 valence electrons. The molecule has 0 aliphatic heterocycles. The van der Waals surface area contributed by atoms with Crippen LogP contribution in [0.4, 0.5) is 20.2 Å². The van der Waals surface area contributed by atoms with Crippen LogP contribution in [0.5, 0.6) is 0 Å². The van der Waals surface area contributed by atoms with Crippen LogP contribution in [0.1, 0.15) is 5.56 Å². The molecule has 0 aliphatic rings. The molecule has 30 heavy (non-hydrogen) atoms. The topological polar surface area (TPSA) is 88.2 Å². The first-order valence-electron chi connectivity index (χ1n) is 8.68. The third kappa shape index (κ3) is 6.01. The lowest BCUT2D eigenvalue weighted by Crippen LogP contribution is -2.15. The fourth-order valence-electron chi connectivity index (χ4n) is 2.42. The summed E-state index contributed by atoms with van der Waals surface area (Å²) >= 11 is 1.44. The van der Waals surface area contributed by atoms with Gasteiger partial charge in [-0.1, -0.05) is 6.07 Å². The lowest BCUT2D eigenvalue weighted by Gasteiger charge is -2.10. The molecule has 0 spiro atoms. The van der Waals surface area contributed by atoms with E-state index in [1.165, 1.54) is 36.0 Å². The molecular weight excluding hydrogens is 432 g/mol. The Hall–Kier alpha value is -2.98. The summed E-state index contributed by atoms with van der Waals surface area (Å²) in [5.74, 6) is -1.67. The van der Waals surface area contributed by atoms with E-state index in [0.717, 1.165) is 17.7 Å². The number of pyridine rings is 1. The Morgan fingerprint density at radius 3 is 2.40 bits per heavy atom. The van der Waals surface area contributed by atoms with E-state index in [9.17, 15) is 22.0 Å². The zero-order chi connectivity index (χ0) is 21.6. The molecule has 3 rings (SSSR count). The number of benzene rings is 2. The van der Waals surface area contributed by atoms with E-state index < -0.39 is 26.6 Å². The average Bonchev–Trinajstić information content (AvgIpc) is 2.72. The number of aromatic nitrogens is 1. The largest absolute Gasteiger partial charge is 0.325 e. The standard InChI is InChI=1S/C20H17F2N3O3S2/c21-18-8-7-17(10-19(18)22)30(27,28)25-16-5-3-15(4-6-16)24-20(26)13-29-12-14-2-1-9-23-11-14/h1-11,25H,12-13H2,(H,24,26). The molecule has 10 heteroatoms. The van der Waals surface area contributed by atoms with Crippen LogP contribution in [0.15, 0.2) is 71.9 Å². The van der Waals surface area contributed by atoms with Gasteiger partial charge in [0.15, 0.2) is 11.6 Å². The number of nitrogens with zero attached hydrogens (tertiary/aromatic N) is 1. The summed E-state index contributed by atoms with van der Waals surface area (Å²) < 4.78 is 53.1. The van der Waals surface area contributed by atoms with Crippen LogP contribution in [0.25, 0.3) is 0 Å². The van der Waals surface area contributed by atoms with Gasteiger partial charge in [-0.3, -0.25) is 14.5 Å². The lowest BCUT2D eigenvalue weighted by molar-refractivity contribution is -0.113. The Morgan fingerprint density at radius 1 is 1.00 bits per heavy atom. The highest BCUT2D eigenvalue weighted by Gasteiger charge is 2.16. The first-order chi connectivity index (χ1) is 14.3. The number of rotatable bonds is 8. The monoisotopic (exact) mass is 449 g/mol. The summed E-state index contributed by atoms with van der Waals surface area (Å²) in [6.07, 6.45) is 3.42. The number of hydrogen-bond donors (Lipinski definition) is 2. The minimum Gasteiger partial charge on any atom is -0.325 e. The van der Waals surface area contributed by atoms with Gasteiger partial charge in [0.05, 0.1) is 10.6 Å². The van der Waals surface area contributed by atoms with Gasteiger partial charge in [0.2, 0.25) is 5.91 Å². The van der Waals surface area contributed by atoms with Gasteiger partial charge in [-0.25, -0.2) is 17.2 Å². The van der Waals surface area contributed by atoms with Gasteiger partial charge in [0, 0.05) is 29.5 Å². The van der Waals surface area contributed by atoms with Crippen molar-refractivity contribution < 1.29 is 22.0 Å². The fourth-order valence-corrected chi connectivity index (χ4v) is 4.26. The second-order valence-electron chi connectivity index (χ2n) is 6.16. The molecule has 2 aromatic carbocycles. The predicted molar refractivity (Wildman–Crippen MR) is 113 cm³/mol. The summed E-state index contributed by atoms with van der Waals surface area (Å²) in [6.45, 7) is 0. The maximum Gasteiger partial charge on any atom is 0.261 e. The van der Waals surface area contributed by atoms with Gasteiger partial charge in [0.25, 0.3) is 10.0 Å². The van der Waals surface area contributed by atoms with Crippen LogP contribution in [-0.4, -0.2) is 25.1 Å². The van der Waals surface area contributed by atoms with E-state index in [4.69, 9.17) is 0 Å². The SMILES string of the molecule is O=C(CSCc1cccnc1)Nc1ccc(NS(=O)(=O)c2ccc(F)c(F)c2)cc1. The van der Waals surface area contributed by atoms with Crippen molar-refractivity contribution in [2.24, 2.45) is 0 Å². The summed E-state index contributed by atoms with van der Waals surface area (Å²) in [7, 11) is -4.08. The molecule has 0 fully saturated rings. The summed E-state index contributed by atoms with van der Waals surface area (Å²) in [5.41, 5.74) is 1.73. The molecule has 0 aliphatic carbocycles. The molecule has 1 amide bonds. The third-order valence-corrected chi connectivity index (χ3v) is 6.23. The molecule has 1 aromatic heterocycles. The zero-order valence-corrected chi connectivity index (χ0v) is 17.1.